The third-order valence-corrected chi connectivity index (χ3v) is 4.76. The van der Waals surface area contributed by atoms with Gasteiger partial charge in [-0.25, -0.2) is 9.78 Å². The molecule has 1 aliphatic rings. The second kappa shape index (κ2) is 6.83. The highest BCUT2D eigenvalue weighted by molar-refractivity contribution is 6.07. The molecule has 1 saturated carbocycles. The molecule has 7 nitrogen and oxygen atoms in total. The average molecular weight is 365 g/mol. The van der Waals surface area contributed by atoms with Crippen molar-refractivity contribution in [3.63, 3.8) is 0 Å². The molecule has 7 heteroatoms. The van der Waals surface area contributed by atoms with Crippen molar-refractivity contribution < 1.29 is 19.2 Å². The number of carbonyl (C=O) groups excluding carboxylic acids is 1. The van der Waals surface area contributed by atoms with E-state index in [2.05, 4.69) is 15.5 Å². The van der Waals surface area contributed by atoms with E-state index in [4.69, 9.17) is 4.52 Å². The summed E-state index contributed by atoms with van der Waals surface area (Å²) in [5.74, 6) is -1.22. The molecule has 27 heavy (non-hydrogen) atoms. The molecule has 0 saturated heterocycles. The van der Waals surface area contributed by atoms with Crippen molar-refractivity contribution in [3.05, 3.63) is 58.9 Å². The standard InChI is InChI=1S/C20H19N3O4/c1-11-17-14(10-15(13-7-8-13)22-19(17)27-23-11)18(24)21-16(20(25)26)9-12-5-3-2-4-6-12/h2-6,10,13,16H,7-9H2,1H3,(H,21,24)(H,25,26). The molecule has 1 amide bonds. The molecule has 2 aromatic heterocycles. The van der Waals surface area contributed by atoms with Crippen LogP contribution in [0.3, 0.4) is 0 Å². The largest absolute Gasteiger partial charge is 0.480 e. The maximum absolute atomic E-state index is 12.9. The van der Waals surface area contributed by atoms with Crippen LogP contribution in [0.25, 0.3) is 11.1 Å². The summed E-state index contributed by atoms with van der Waals surface area (Å²) in [6, 6.07) is 9.91. The summed E-state index contributed by atoms with van der Waals surface area (Å²) in [6.45, 7) is 1.74. The maximum Gasteiger partial charge on any atom is 0.326 e. The number of hydrogen-bond donors (Lipinski definition) is 2. The SMILES string of the molecule is Cc1noc2nc(C3CC3)cc(C(=O)NC(Cc3ccccc3)C(=O)O)c12. The van der Waals surface area contributed by atoms with Crippen molar-refractivity contribution in [1.29, 1.82) is 0 Å². The molecule has 1 unspecified atom stereocenters. The van der Waals surface area contributed by atoms with E-state index >= 15 is 0 Å². The Morgan fingerprint density at radius 1 is 1.30 bits per heavy atom. The second-order valence-electron chi connectivity index (χ2n) is 6.87. The zero-order valence-electron chi connectivity index (χ0n) is 14.8. The first-order chi connectivity index (χ1) is 13.0. The third kappa shape index (κ3) is 3.53. The highest BCUT2D eigenvalue weighted by Crippen LogP contribution is 2.40. The summed E-state index contributed by atoms with van der Waals surface area (Å²) >= 11 is 0. The van der Waals surface area contributed by atoms with Gasteiger partial charge in [0.1, 0.15) is 6.04 Å². The van der Waals surface area contributed by atoms with Crippen molar-refractivity contribution in [2.24, 2.45) is 0 Å². The van der Waals surface area contributed by atoms with Gasteiger partial charge in [-0.05, 0) is 31.4 Å². The predicted molar refractivity (Wildman–Crippen MR) is 97.6 cm³/mol. The molecule has 2 N–H and O–H groups in total. The number of amides is 1. The van der Waals surface area contributed by atoms with Crippen LogP contribution in [0, 0.1) is 6.92 Å². The Balaban J connectivity index is 1.65. The molecule has 1 aliphatic carbocycles. The lowest BCUT2D eigenvalue weighted by Crippen LogP contribution is -2.42. The first-order valence-corrected chi connectivity index (χ1v) is 8.87. The number of carboxylic acid groups (broad SMARTS) is 1. The minimum absolute atomic E-state index is 0.203. The Morgan fingerprint density at radius 2 is 2.04 bits per heavy atom. The van der Waals surface area contributed by atoms with Crippen molar-refractivity contribution in [3.8, 4) is 0 Å². The van der Waals surface area contributed by atoms with Gasteiger partial charge in [-0.2, -0.15) is 0 Å². The van der Waals surface area contributed by atoms with Gasteiger partial charge in [0.2, 0.25) is 0 Å². The number of rotatable bonds is 6. The van der Waals surface area contributed by atoms with Crippen LogP contribution >= 0.6 is 0 Å². The fraction of sp³-hybridized carbons (Fsp3) is 0.300. The van der Waals surface area contributed by atoms with E-state index in [0.717, 1.165) is 24.1 Å². The van der Waals surface area contributed by atoms with E-state index in [0.29, 0.717) is 28.3 Å². The number of aromatic nitrogens is 2. The molecule has 138 valence electrons. The molecule has 0 aliphatic heterocycles. The number of carboxylic acids is 1. The molecular weight excluding hydrogens is 346 g/mol. The topological polar surface area (TPSA) is 105 Å². The number of aliphatic carboxylic acids is 1. The third-order valence-electron chi connectivity index (χ3n) is 4.76. The molecule has 1 atom stereocenters. The minimum Gasteiger partial charge on any atom is -0.480 e. The van der Waals surface area contributed by atoms with E-state index in [1.807, 2.05) is 30.3 Å². The predicted octanol–water partition coefficient (Wildman–Crippen LogP) is 2.83. The fourth-order valence-electron chi connectivity index (χ4n) is 3.17. The van der Waals surface area contributed by atoms with Gasteiger partial charge >= 0.3 is 5.97 Å². The van der Waals surface area contributed by atoms with Crippen molar-refractivity contribution in [2.75, 3.05) is 0 Å². The smallest absolute Gasteiger partial charge is 0.326 e. The summed E-state index contributed by atoms with van der Waals surface area (Å²) in [5.41, 5.74) is 2.86. The van der Waals surface area contributed by atoms with Gasteiger partial charge in [-0.15, -0.1) is 0 Å². The molecule has 0 bridgehead atoms. The van der Waals surface area contributed by atoms with E-state index < -0.39 is 17.9 Å². The minimum atomic E-state index is -1.08. The Morgan fingerprint density at radius 3 is 2.70 bits per heavy atom. The molecule has 0 spiro atoms. The van der Waals surface area contributed by atoms with Gasteiger partial charge in [-0.3, -0.25) is 4.79 Å². The fourth-order valence-corrected chi connectivity index (χ4v) is 3.17. The Hall–Kier alpha value is -3.22. The van der Waals surface area contributed by atoms with Gasteiger partial charge < -0.3 is 14.9 Å². The summed E-state index contributed by atoms with van der Waals surface area (Å²) in [7, 11) is 0. The highest BCUT2D eigenvalue weighted by Gasteiger charge is 2.30. The number of pyridine rings is 1. The molecular formula is C20H19N3O4. The number of nitrogens with one attached hydrogen (secondary N) is 1. The van der Waals surface area contributed by atoms with Crippen molar-refractivity contribution >= 4 is 23.0 Å². The number of aryl methyl sites for hydroxylation is 1. The number of nitrogens with zero attached hydrogens (tertiary/aromatic N) is 2. The van der Waals surface area contributed by atoms with E-state index in [9.17, 15) is 14.7 Å². The maximum atomic E-state index is 12.9. The van der Waals surface area contributed by atoms with Gasteiger partial charge in [0.15, 0.2) is 0 Å². The lowest BCUT2D eigenvalue weighted by molar-refractivity contribution is -0.139. The molecule has 1 fully saturated rings. The average Bonchev–Trinajstić information content (AvgIpc) is 3.45. The van der Waals surface area contributed by atoms with Crippen molar-refractivity contribution in [2.45, 2.75) is 38.1 Å². The van der Waals surface area contributed by atoms with Crippen LogP contribution in [0.2, 0.25) is 0 Å². The molecule has 0 radical (unpaired) electrons. The van der Waals surface area contributed by atoms with Crippen LogP contribution in [0.15, 0.2) is 40.9 Å². The zero-order valence-corrected chi connectivity index (χ0v) is 14.8. The molecule has 1 aromatic carbocycles. The van der Waals surface area contributed by atoms with Gasteiger partial charge in [0.05, 0.1) is 16.6 Å². The van der Waals surface area contributed by atoms with Crippen molar-refractivity contribution in [1.82, 2.24) is 15.5 Å². The number of carbonyl (C=O) groups is 2. The number of benzene rings is 1. The molecule has 4 rings (SSSR count). The molecule has 3 aromatic rings. The van der Waals surface area contributed by atoms with Gasteiger partial charge in [0.25, 0.3) is 11.6 Å². The van der Waals surface area contributed by atoms with E-state index in [1.54, 1.807) is 13.0 Å². The zero-order chi connectivity index (χ0) is 19.0. The highest BCUT2D eigenvalue weighted by atomic mass is 16.5. The Kier molecular flexibility index (Phi) is 4.35. The lowest BCUT2D eigenvalue weighted by atomic mass is 10.0. The summed E-state index contributed by atoms with van der Waals surface area (Å²) < 4.78 is 5.25. The summed E-state index contributed by atoms with van der Waals surface area (Å²) in [6.07, 6.45) is 2.26. The van der Waals surface area contributed by atoms with Crippen LogP contribution in [0.4, 0.5) is 0 Å². The van der Waals surface area contributed by atoms with Crippen LogP contribution in [-0.4, -0.2) is 33.2 Å². The first kappa shape index (κ1) is 17.2. The summed E-state index contributed by atoms with van der Waals surface area (Å²) in [5, 5.41) is 16.6. The first-order valence-electron chi connectivity index (χ1n) is 8.87. The van der Waals surface area contributed by atoms with Crippen LogP contribution in [-0.2, 0) is 11.2 Å². The van der Waals surface area contributed by atoms with Crippen LogP contribution in [0.5, 0.6) is 0 Å². The Labute approximate surface area is 155 Å². The number of hydrogen-bond acceptors (Lipinski definition) is 5. The van der Waals surface area contributed by atoms with Gasteiger partial charge in [-0.1, -0.05) is 35.5 Å². The summed E-state index contributed by atoms with van der Waals surface area (Å²) in [4.78, 5) is 29.1. The van der Waals surface area contributed by atoms with E-state index in [-0.39, 0.29) is 6.42 Å². The van der Waals surface area contributed by atoms with Gasteiger partial charge in [0, 0.05) is 18.0 Å². The monoisotopic (exact) mass is 365 g/mol. The molecule has 2 heterocycles. The quantitative estimate of drug-likeness (QED) is 0.696. The normalized spacial score (nSPS) is 14.9. The lowest BCUT2D eigenvalue weighted by Gasteiger charge is -2.15. The Bertz CT molecular complexity index is 1010. The van der Waals surface area contributed by atoms with Crippen LogP contribution < -0.4 is 5.32 Å². The van der Waals surface area contributed by atoms with Crippen LogP contribution in [0.1, 0.15) is 46.1 Å². The number of fused-ring (bicyclic) bond motifs is 1. The van der Waals surface area contributed by atoms with E-state index in [1.165, 1.54) is 0 Å². The second-order valence-corrected chi connectivity index (χ2v) is 6.87.